The summed E-state index contributed by atoms with van der Waals surface area (Å²) in [6.07, 6.45) is 3.62. The fourth-order valence-corrected chi connectivity index (χ4v) is 3.67. The smallest absolute Gasteiger partial charge is 0.306 e. The molecule has 0 fully saturated rings. The van der Waals surface area contributed by atoms with Crippen LogP contribution in [0.4, 0.5) is 0 Å². The molecule has 3 rings (SSSR count). The lowest BCUT2D eigenvalue weighted by atomic mass is 9.86. The SMILES string of the molecule is CCCc1cccc2c3c([nH]c12)C(CC)(CC(=O)O)OCC3. The van der Waals surface area contributed by atoms with E-state index in [9.17, 15) is 9.90 Å². The third kappa shape index (κ3) is 2.31. The van der Waals surface area contributed by atoms with Crippen molar-refractivity contribution < 1.29 is 14.6 Å². The van der Waals surface area contributed by atoms with Crippen molar-refractivity contribution in [3.05, 3.63) is 35.0 Å². The molecule has 0 bridgehead atoms. The molecule has 1 atom stereocenters. The molecule has 1 unspecified atom stereocenters. The maximum atomic E-state index is 11.3. The predicted octanol–water partition coefficient (Wildman–Crippen LogP) is 3.77. The number of aromatic nitrogens is 1. The first-order valence-corrected chi connectivity index (χ1v) is 8.10. The summed E-state index contributed by atoms with van der Waals surface area (Å²) in [7, 11) is 0. The highest BCUT2D eigenvalue weighted by Gasteiger charge is 2.40. The fraction of sp³-hybridized carbons (Fsp3) is 0.500. The van der Waals surface area contributed by atoms with Crippen LogP contribution in [0.25, 0.3) is 10.9 Å². The molecular formula is C18H23NO3. The second-order valence-corrected chi connectivity index (χ2v) is 6.09. The van der Waals surface area contributed by atoms with Crippen LogP contribution in [0.2, 0.25) is 0 Å². The zero-order valence-electron chi connectivity index (χ0n) is 13.2. The fourth-order valence-electron chi connectivity index (χ4n) is 3.67. The maximum absolute atomic E-state index is 11.3. The average molecular weight is 301 g/mol. The zero-order chi connectivity index (χ0) is 15.7. The van der Waals surface area contributed by atoms with E-state index in [2.05, 4.69) is 30.1 Å². The largest absolute Gasteiger partial charge is 0.481 e. The Hall–Kier alpha value is -1.81. The predicted molar refractivity (Wildman–Crippen MR) is 86.2 cm³/mol. The Morgan fingerprint density at radius 2 is 2.23 bits per heavy atom. The Bertz CT molecular complexity index is 704. The van der Waals surface area contributed by atoms with Gasteiger partial charge in [-0.1, -0.05) is 38.5 Å². The number of hydrogen-bond donors (Lipinski definition) is 2. The number of carboxylic acids is 1. The molecule has 1 aliphatic rings. The molecular weight excluding hydrogens is 278 g/mol. The van der Waals surface area contributed by atoms with Crippen molar-refractivity contribution in [1.82, 2.24) is 4.98 Å². The lowest BCUT2D eigenvalue weighted by Gasteiger charge is -2.35. The van der Waals surface area contributed by atoms with Gasteiger partial charge in [-0.25, -0.2) is 0 Å². The molecule has 1 aromatic carbocycles. The summed E-state index contributed by atoms with van der Waals surface area (Å²) in [6, 6.07) is 6.39. The van der Waals surface area contributed by atoms with Gasteiger partial charge in [-0.15, -0.1) is 0 Å². The van der Waals surface area contributed by atoms with Gasteiger partial charge in [0.2, 0.25) is 0 Å². The van der Waals surface area contributed by atoms with Gasteiger partial charge < -0.3 is 14.8 Å². The Labute approximate surface area is 130 Å². The second kappa shape index (κ2) is 5.76. The van der Waals surface area contributed by atoms with Crippen LogP contribution in [0.5, 0.6) is 0 Å². The first-order chi connectivity index (χ1) is 10.6. The molecule has 2 heterocycles. The maximum Gasteiger partial charge on any atom is 0.306 e. The number of carbonyl (C=O) groups is 1. The summed E-state index contributed by atoms with van der Waals surface area (Å²) >= 11 is 0. The Morgan fingerprint density at radius 3 is 2.91 bits per heavy atom. The molecule has 0 aliphatic carbocycles. The summed E-state index contributed by atoms with van der Waals surface area (Å²) in [5, 5.41) is 10.5. The van der Waals surface area contributed by atoms with Crippen LogP contribution < -0.4 is 0 Å². The van der Waals surface area contributed by atoms with Crippen molar-refractivity contribution in [1.29, 1.82) is 0 Å². The molecule has 4 heteroatoms. The molecule has 0 radical (unpaired) electrons. The number of aromatic amines is 1. The Balaban J connectivity index is 2.20. The van der Waals surface area contributed by atoms with Crippen molar-refractivity contribution in [3.63, 3.8) is 0 Å². The van der Waals surface area contributed by atoms with E-state index in [4.69, 9.17) is 4.74 Å². The number of ether oxygens (including phenoxy) is 1. The number of benzene rings is 1. The molecule has 0 amide bonds. The van der Waals surface area contributed by atoms with Crippen LogP contribution in [-0.4, -0.2) is 22.7 Å². The number of aryl methyl sites for hydroxylation is 1. The highest BCUT2D eigenvalue weighted by Crippen LogP contribution is 2.42. The lowest BCUT2D eigenvalue weighted by Crippen LogP contribution is -2.37. The topological polar surface area (TPSA) is 62.3 Å². The average Bonchev–Trinajstić information content (AvgIpc) is 2.88. The van der Waals surface area contributed by atoms with Crippen LogP contribution >= 0.6 is 0 Å². The van der Waals surface area contributed by atoms with Gasteiger partial charge in [0.15, 0.2) is 0 Å². The lowest BCUT2D eigenvalue weighted by molar-refractivity contribution is -0.148. The van der Waals surface area contributed by atoms with Crippen LogP contribution in [0.3, 0.4) is 0 Å². The van der Waals surface area contributed by atoms with Gasteiger partial charge in [-0.2, -0.15) is 0 Å². The number of H-pyrrole nitrogens is 1. The number of hydrogen-bond acceptors (Lipinski definition) is 2. The molecule has 22 heavy (non-hydrogen) atoms. The van der Waals surface area contributed by atoms with Crippen LogP contribution in [-0.2, 0) is 28.0 Å². The highest BCUT2D eigenvalue weighted by molar-refractivity contribution is 5.88. The molecule has 1 aromatic heterocycles. The molecule has 0 saturated carbocycles. The zero-order valence-corrected chi connectivity index (χ0v) is 13.2. The van der Waals surface area contributed by atoms with Crippen molar-refractivity contribution >= 4 is 16.9 Å². The van der Waals surface area contributed by atoms with Crippen LogP contribution in [0.15, 0.2) is 18.2 Å². The molecule has 2 N–H and O–H groups in total. The Morgan fingerprint density at radius 1 is 1.41 bits per heavy atom. The van der Waals surface area contributed by atoms with Gasteiger partial charge >= 0.3 is 5.97 Å². The van der Waals surface area contributed by atoms with Gasteiger partial charge in [-0.3, -0.25) is 4.79 Å². The summed E-state index contributed by atoms with van der Waals surface area (Å²) in [5.74, 6) is -0.817. The molecule has 0 saturated heterocycles. The number of fused-ring (bicyclic) bond motifs is 3. The quantitative estimate of drug-likeness (QED) is 0.883. The van der Waals surface area contributed by atoms with E-state index >= 15 is 0 Å². The minimum absolute atomic E-state index is 0.00638. The van der Waals surface area contributed by atoms with E-state index in [1.807, 2.05) is 6.92 Å². The number of carboxylic acid groups (broad SMARTS) is 1. The number of aliphatic carboxylic acids is 1. The van der Waals surface area contributed by atoms with E-state index in [1.165, 1.54) is 16.5 Å². The van der Waals surface area contributed by atoms with Gasteiger partial charge in [0.1, 0.15) is 5.60 Å². The van der Waals surface area contributed by atoms with Crippen molar-refractivity contribution in [2.24, 2.45) is 0 Å². The van der Waals surface area contributed by atoms with Crippen molar-refractivity contribution in [2.75, 3.05) is 6.61 Å². The number of para-hydroxylation sites is 1. The summed E-state index contributed by atoms with van der Waals surface area (Å²) in [6.45, 7) is 4.75. The monoisotopic (exact) mass is 301 g/mol. The molecule has 1 aliphatic heterocycles. The normalized spacial score (nSPS) is 21.0. The summed E-state index contributed by atoms with van der Waals surface area (Å²) < 4.78 is 5.97. The van der Waals surface area contributed by atoms with E-state index in [-0.39, 0.29) is 6.42 Å². The first kappa shape index (κ1) is 15.1. The first-order valence-electron chi connectivity index (χ1n) is 8.10. The van der Waals surface area contributed by atoms with Crippen molar-refractivity contribution in [3.8, 4) is 0 Å². The summed E-state index contributed by atoms with van der Waals surface area (Å²) in [4.78, 5) is 14.9. The van der Waals surface area contributed by atoms with E-state index < -0.39 is 11.6 Å². The third-order valence-electron chi connectivity index (χ3n) is 4.74. The number of nitrogens with one attached hydrogen (secondary N) is 1. The third-order valence-corrected chi connectivity index (χ3v) is 4.74. The van der Waals surface area contributed by atoms with Gasteiger partial charge in [0.25, 0.3) is 0 Å². The van der Waals surface area contributed by atoms with Gasteiger partial charge in [0, 0.05) is 10.9 Å². The van der Waals surface area contributed by atoms with Gasteiger partial charge in [-0.05, 0) is 30.4 Å². The van der Waals surface area contributed by atoms with Crippen molar-refractivity contribution in [2.45, 2.75) is 51.6 Å². The molecule has 118 valence electrons. The minimum Gasteiger partial charge on any atom is -0.481 e. The highest BCUT2D eigenvalue weighted by atomic mass is 16.5. The molecule has 0 spiro atoms. The van der Waals surface area contributed by atoms with Gasteiger partial charge in [0.05, 0.1) is 18.7 Å². The van der Waals surface area contributed by atoms with E-state index in [0.29, 0.717) is 13.0 Å². The standard InChI is InChI=1S/C18H23NO3/c1-3-6-12-7-5-8-13-14-9-10-22-18(4-2,11-15(20)21)17(14)19-16(12)13/h5,7-8,19H,3-4,6,9-11H2,1-2H3,(H,20,21). The minimum atomic E-state index is -0.817. The van der Waals surface area contributed by atoms with Crippen LogP contribution in [0, 0.1) is 0 Å². The van der Waals surface area contributed by atoms with Crippen LogP contribution in [0.1, 0.15) is 49.9 Å². The summed E-state index contributed by atoms with van der Waals surface area (Å²) in [5.41, 5.74) is 3.95. The second-order valence-electron chi connectivity index (χ2n) is 6.09. The molecule has 4 nitrogen and oxygen atoms in total. The number of rotatable bonds is 5. The Kier molecular flexibility index (Phi) is 3.96. The molecule has 2 aromatic rings. The van der Waals surface area contributed by atoms with E-state index in [0.717, 1.165) is 30.5 Å². The van der Waals surface area contributed by atoms with E-state index in [1.54, 1.807) is 0 Å².